The van der Waals surface area contributed by atoms with E-state index in [1.165, 1.54) is 0 Å². The van der Waals surface area contributed by atoms with Crippen LogP contribution in [-0.4, -0.2) is 20.2 Å². The van der Waals surface area contributed by atoms with Gasteiger partial charge in [0.25, 0.3) is 5.56 Å². The minimum Gasteiger partial charge on any atom is -0.382 e. The van der Waals surface area contributed by atoms with Gasteiger partial charge in [-0.1, -0.05) is 41.4 Å². The molecule has 0 saturated carbocycles. The maximum Gasteiger partial charge on any atom is 0.275 e. The first kappa shape index (κ1) is 18.0. The highest BCUT2D eigenvalue weighted by molar-refractivity contribution is 6.44. The zero-order valence-electron chi connectivity index (χ0n) is 14.1. The van der Waals surface area contributed by atoms with E-state index >= 15 is 0 Å². The molecular formula is C17H12Cl2N8O. The molecular weight excluding hydrogens is 403 g/mol. The van der Waals surface area contributed by atoms with Crippen LogP contribution in [-0.2, 0) is 0 Å². The summed E-state index contributed by atoms with van der Waals surface area (Å²) >= 11 is 12.3. The molecule has 0 radical (unpaired) electrons. The van der Waals surface area contributed by atoms with Crippen LogP contribution in [0.2, 0.25) is 10.0 Å². The third-order valence-electron chi connectivity index (χ3n) is 3.97. The molecule has 0 amide bonds. The monoisotopic (exact) mass is 414 g/mol. The zero-order chi connectivity index (χ0) is 19.8. The molecule has 2 aromatic carbocycles. The lowest BCUT2D eigenvalue weighted by molar-refractivity contribution is 1.11. The summed E-state index contributed by atoms with van der Waals surface area (Å²) in [6, 6.07) is 10.1. The van der Waals surface area contributed by atoms with E-state index in [1.807, 2.05) is 0 Å². The largest absolute Gasteiger partial charge is 0.382 e. The minimum absolute atomic E-state index is 0.113. The first-order chi connectivity index (χ1) is 13.5. The Bertz CT molecular complexity index is 1270. The van der Waals surface area contributed by atoms with Crippen molar-refractivity contribution in [1.82, 2.24) is 20.2 Å². The molecule has 9 nitrogen and oxygen atoms in total. The molecule has 0 bridgehead atoms. The van der Waals surface area contributed by atoms with Crippen LogP contribution in [0.15, 0.2) is 51.4 Å². The molecule has 0 spiro atoms. The first-order valence-corrected chi connectivity index (χ1v) is 8.70. The summed E-state index contributed by atoms with van der Waals surface area (Å²) in [7, 11) is 0. The summed E-state index contributed by atoms with van der Waals surface area (Å²) in [6.45, 7) is 0. The number of azo groups is 1. The van der Waals surface area contributed by atoms with Crippen molar-refractivity contribution in [1.29, 1.82) is 0 Å². The van der Waals surface area contributed by atoms with Crippen molar-refractivity contribution >= 4 is 57.2 Å². The molecule has 0 unspecified atom stereocenters. The quantitative estimate of drug-likeness (QED) is 0.370. The van der Waals surface area contributed by atoms with Gasteiger partial charge in [0, 0.05) is 5.56 Å². The first-order valence-electron chi connectivity index (χ1n) is 7.94. The van der Waals surface area contributed by atoms with E-state index in [9.17, 15) is 4.79 Å². The summed E-state index contributed by atoms with van der Waals surface area (Å²) < 4.78 is 0. The predicted molar refractivity (Wildman–Crippen MR) is 109 cm³/mol. The molecule has 0 fully saturated rings. The summed E-state index contributed by atoms with van der Waals surface area (Å²) in [4.78, 5) is 19.8. The maximum atomic E-state index is 12.6. The van der Waals surface area contributed by atoms with Gasteiger partial charge < -0.3 is 16.5 Å². The van der Waals surface area contributed by atoms with Gasteiger partial charge in [0.1, 0.15) is 17.0 Å². The third kappa shape index (κ3) is 3.06. The summed E-state index contributed by atoms with van der Waals surface area (Å²) in [5, 5.41) is 15.0. The maximum absolute atomic E-state index is 12.6. The summed E-state index contributed by atoms with van der Waals surface area (Å²) in [5.74, 6) is 0.295. The molecule has 28 heavy (non-hydrogen) atoms. The van der Waals surface area contributed by atoms with Gasteiger partial charge in [-0.25, -0.2) is 4.98 Å². The zero-order valence-corrected chi connectivity index (χ0v) is 15.6. The number of fused-ring (bicyclic) bond motifs is 1. The van der Waals surface area contributed by atoms with Crippen LogP contribution in [0, 0.1) is 0 Å². The Balaban J connectivity index is 1.88. The number of hydrogen-bond donors (Lipinski definition) is 4. The number of nitrogen functional groups attached to an aromatic ring is 2. The van der Waals surface area contributed by atoms with Crippen molar-refractivity contribution in [3.63, 3.8) is 0 Å². The van der Waals surface area contributed by atoms with Gasteiger partial charge in [-0.15, -0.1) is 10.2 Å². The number of nitrogens with two attached hydrogens (primary N) is 2. The second kappa shape index (κ2) is 6.95. The predicted octanol–water partition coefficient (Wildman–Crippen LogP) is 4.20. The number of aromatic amines is 2. The van der Waals surface area contributed by atoms with E-state index in [1.54, 1.807) is 36.4 Å². The molecule has 2 aromatic heterocycles. The number of benzene rings is 2. The molecule has 4 aromatic rings. The second-order valence-electron chi connectivity index (χ2n) is 5.76. The van der Waals surface area contributed by atoms with Crippen LogP contribution in [0.3, 0.4) is 0 Å². The van der Waals surface area contributed by atoms with E-state index in [-0.39, 0.29) is 28.0 Å². The highest BCUT2D eigenvalue weighted by atomic mass is 35.5. The third-order valence-corrected chi connectivity index (χ3v) is 4.76. The van der Waals surface area contributed by atoms with Crippen molar-refractivity contribution in [2.24, 2.45) is 10.2 Å². The molecule has 6 N–H and O–H groups in total. The molecule has 4 rings (SSSR count). The smallest absolute Gasteiger partial charge is 0.275 e. The van der Waals surface area contributed by atoms with Crippen molar-refractivity contribution in [2.75, 3.05) is 11.5 Å². The van der Waals surface area contributed by atoms with Crippen molar-refractivity contribution < 1.29 is 0 Å². The van der Waals surface area contributed by atoms with Crippen molar-refractivity contribution in [3.05, 3.63) is 56.8 Å². The molecule has 0 saturated heterocycles. The second-order valence-corrected chi connectivity index (χ2v) is 6.55. The lowest BCUT2D eigenvalue weighted by Crippen LogP contribution is -2.11. The van der Waals surface area contributed by atoms with E-state index in [4.69, 9.17) is 34.7 Å². The van der Waals surface area contributed by atoms with Crippen LogP contribution in [0.4, 0.5) is 23.0 Å². The van der Waals surface area contributed by atoms with Crippen LogP contribution in [0.25, 0.3) is 22.3 Å². The number of halogens is 2. The van der Waals surface area contributed by atoms with Gasteiger partial charge in [-0.2, -0.15) is 5.10 Å². The molecule has 0 atom stereocenters. The lowest BCUT2D eigenvalue weighted by Gasteiger charge is -2.07. The van der Waals surface area contributed by atoms with Crippen LogP contribution < -0.4 is 17.0 Å². The number of aromatic nitrogens is 4. The topological polar surface area (TPSA) is 151 Å². The fraction of sp³-hybridized carbons (Fsp3) is 0. The normalized spacial score (nSPS) is 11.5. The van der Waals surface area contributed by atoms with Gasteiger partial charge in [-0.05, 0) is 18.2 Å². The fourth-order valence-corrected chi connectivity index (χ4v) is 2.97. The van der Waals surface area contributed by atoms with Crippen LogP contribution in [0.1, 0.15) is 0 Å². The average molecular weight is 415 g/mol. The number of H-pyrrole nitrogens is 2. The molecule has 140 valence electrons. The average Bonchev–Trinajstić information content (AvgIpc) is 3.01. The number of anilines is 2. The van der Waals surface area contributed by atoms with E-state index in [2.05, 4.69) is 30.4 Å². The van der Waals surface area contributed by atoms with E-state index in [0.717, 1.165) is 0 Å². The van der Waals surface area contributed by atoms with Gasteiger partial charge in [0.15, 0.2) is 11.5 Å². The van der Waals surface area contributed by atoms with Crippen molar-refractivity contribution in [3.8, 4) is 11.3 Å². The highest BCUT2D eigenvalue weighted by Gasteiger charge is 2.15. The Morgan fingerprint density at radius 3 is 2.57 bits per heavy atom. The standard InChI is InChI=1S/C17H12Cl2N8O/c18-8-5-6-10-13(11(8)19)23-12(17(28)22-10)7-3-1-2-4-9(7)24-25-14-15(20)26-27-16(14)21/h1-6H,(H,22,28)(H5,20,21,26,27)/b25-24+. The summed E-state index contributed by atoms with van der Waals surface area (Å²) in [5.41, 5.74) is 13.0. The lowest BCUT2D eigenvalue weighted by atomic mass is 10.1. The van der Waals surface area contributed by atoms with Crippen LogP contribution in [0.5, 0.6) is 0 Å². The molecule has 0 aliphatic heterocycles. The van der Waals surface area contributed by atoms with Gasteiger partial charge in [0.2, 0.25) is 0 Å². The van der Waals surface area contributed by atoms with Crippen molar-refractivity contribution in [2.45, 2.75) is 0 Å². The number of hydrogen-bond acceptors (Lipinski definition) is 7. The van der Waals surface area contributed by atoms with Gasteiger partial charge in [-0.3, -0.25) is 9.89 Å². The highest BCUT2D eigenvalue weighted by Crippen LogP contribution is 2.33. The number of rotatable bonds is 3. The Kier molecular flexibility index (Phi) is 4.46. The van der Waals surface area contributed by atoms with Crippen LogP contribution >= 0.6 is 23.2 Å². The Morgan fingerprint density at radius 2 is 1.82 bits per heavy atom. The SMILES string of the molecule is Nc1n[nH]c(N)c1/N=N/c1ccccc1-c1nc2c(Cl)c(Cl)ccc2[nH]c1=O. The molecule has 0 aliphatic rings. The Morgan fingerprint density at radius 1 is 1.04 bits per heavy atom. The van der Waals surface area contributed by atoms with E-state index in [0.29, 0.717) is 27.3 Å². The van der Waals surface area contributed by atoms with Gasteiger partial charge in [0.05, 0.1) is 21.2 Å². The Labute approximate surface area is 167 Å². The van der Waals surface area contributed by atoms with Gasteiger partial charge >= 0.3 is 0 Å². The fourth-order valence-electron chi connectivity index (χ4n) is 2.61. The number of nitrogens with one attached hydrogen (secondary N) is 2. The number of nitrogens with zero attached hydrogens (tertiary/aromatic N) is 4. The van der Waals surface area contributed by atoms with E-state index < -0.39 is 5.56 Å². The molecule has 2 heterocycles. The Hall–Kier alpha value is -3.43. The molecule has 0 aliphatic carbocycles. The minimum atomic E-state index is -0.407. The summed E-state index contributed by atoms with van der Waals surface area (Å²) in [6.07, 6.45) is 0. The molecule has 11 heteroatoms.